The van der Waals surface area contributed by atoms with Crippen LogP contribution in [-0.4, -0.2) is 18.1 Å². The molecular formula is C18H24ClN2O+. The van der Waals surface area contributed by atoms with Crippen LogP contribution in [-0.2, 0) is 6.54 Å². The number of aryl methyl sites for hydroxylation is 2. The molecule has 22 heavy (non-hydrogen) atoms. The molecular weight excluding hydrogens is 296 g/mol. The lowest BCUT2D eigenvalue weighted by atomic mass is 9.98. The molecule has 0 atom stereocenters. The number of quaternary nitrogens is 1. The molecule has 0 spiro atoms. The molecule has 2 aromatic rings. The van der Waals surface area contributed by atoms with E-state index in [4.69, 9.17) is 11.6 Å². The number of benzene rings is 1. The normalized spacial score (nSPS) is 22.2. The lowest BCUT2D eigenvalue weighted by Gasteiger charge is -2.27. The Labute approximate surface area is 136 Å². The number of aromatic amines is 1. The predicted molar refractivity (Wildman–Crippen MR) is 91.9 cm³/mol. The van der Waals surface area contributed by atoms with Gasteiger partial charge in [-0.3, -0.25) is 4.79 Å². The second-order valence-corrected chi connectivity index (χ2v) is 7.25. The van der Waals surface area contributed by atoms with Crippen molar-refractivity contribution < 1.29 is 4.90 Å². The highest BCUT2D eigenvalue weighted by molar-refractivity contribution is 6.31. The summed E-state index contributed by atoms with van der Waals surface area (Å²) in [6.45, 7) is 9.45. The number of halogens is 1. The van der Waals surface area contributed by atoms with E-state index < -0.39 is 0 Å². The highest BCUT2D eigenvalue weighted by atomic mass is 35.5. The van der Waals surface area contributed by atoms with Gasteiger partial charge in [-0.2, -0.15) is 0 Å². The molecule has 2 N–H and O–H groups in total. The van der Waals surface area contributed by atoms with E-state index in [0.29, 0.717) is 5.02 Å². The van der Waals surface area contributed by atoms with Crippen LogP contribution in [0.2, 0.25) is 5.02 Å². The van der Waals surface area contributed by atoms with Gasteiger partial charge in [0.2, 0.25) is 0 Å². The van der Waals surface area contributed by atoms with Gasteiger partial charge < -0.3 is 9.88 Å². The molecule has 0 amide bonds. The molecule has 1 aromatic carbocycles. The third kappa shape index (κ3) is 2.92. The third-order valence-electron chi connectivity index (χ3n) is 4.99. The van der Waals surface area contributed by atoms with Gasteiger partial charge in [-0.25, -0.2) is 0 Å². The summed E-state index contributed by atoms with van der Waals surface area (Å²) >= 11 is 6.14. The fourth-order valence-corrected chi connectivity index (χ4v) is 3.77. The highest BCUT2D eigenvalue weighted by Crippen LogP contribution is 2.21. The van der Waals surface area contributed by atoms with Crippen molar-refractivity contribution in [1.29, 1.82) is 0 Å². The van der Waals surface area contributed by atoms with E-state index in [-0.39, 0.29) is 5.43 Å². The average Bonchev–Trinajstić information content (AvgIpc) is 2.47. The molecule has 0 aliphatic carbocycles. The summed E-state index contributed by atoms with van der Waals surface area (Å²) in [5.41, 5.74) is 3.99. The second-order valence-electron chi connectivity index (χ2n) is 6.81. The number of aromatic nitrogens is 1. The maximum atomic E-state index is 12.9. The van der Waals surface area contributed by atoms with E-state index in [2.05, 4.69) is 11.9 Å². The maximum Gasteiger partial charge on any atom is 0.198 e. The lowest BCUT2D eigenvalue weighted by Crippen LogP contribution is -3.12. The molecule has 1 saturated heterocycles. The fourth-order valence-electron chi connectivity index (χ4n) is 3.49. The minimum atomic E-state index is 0.142. The summed E-state index contributed by atoms with van der Waals surface area (Å²) in [4.78, 5) is 17.8. The molecule has 0 bridgehead atoms. The van der Waals surface area contributed by atoms with Crippen molar-refractivity contribution in [3.63, 3.8) is 0 Å². The van der Waals surface area contributed by atoms with E-state index in [9.17, 15) is 4.79 Å². The summed E-state index contributed by atoms with van der Waals surface area (Å²) in [7, 11) is 0. The Kier molecular flexibility index (Phi) is 4.28. The second kappa shape index (κ2) is 6.05. The van der Waals surface area contributed by atoms with Crippen LogP contribution in [0.25, 0.3) is 10.9 Å². The van der Waals surface area contributed by atoms with Gasteiger partial charge in [-0.1, -0.05) is 18.5 Å². The quantitative estimate of drug-likeness (QED) is 0.877. The van der Waals surface area contributed by atoms with Crippen LogP contribution in [0.15, 0.2) is 16.9 Å². The van der Waals surface area contributed by atoms with Gasteiger partial charge in [-0.15, -0.1) is 0 Å². The van der Waals surface area contributed by atoms with Crippen molar-refractivity contribution in [1.82, 2.24) is 4.98 Å². The molecule has 2 heterocycles. The fraction of sp³-hybridized carbons (Fsp3) is 0.500. The van der Waals surface area contributed by atoms with Gasteiger partial charge in [0.05, 0.1) is 24.2 Å². The average molecular weight is 320 g/mol. The van der Waals surface area contributed by atoms with E-state index in [1.54, 1.807) is 6.07 Å². The van der Waals surface area contributed by atoms with Gasteiger partial charge in [0, 0.05) is 16.1 Å². The van der Waals surface area contributed by atoms with Gasteiger partial charge in [0.15, 0.2) is 5.43 Å². The summed E-state index contributed by atoms with van der Waals surface area (Å²) in [6, 6.07) is 3.69. The smallest absolute Gasteiger partial charge is 0.198 e. The first-order valence-electron chi connectivity index (χ1n) is 8.11. The highest BCUT2D eigenvalue weighted by Gasteiger charge is 2.22. The van der Waals surface area contributed by atoms with Crippen LogP contribution in [0.1, 0.15) is 36.6 Å². The molecule has 1 aliphatic heterocycles. The summed E-state index contributed by atoms with van der Waals surface area (Å²) in [6.07, 6.45) is 2.51. The number of piperidine rings is 1. The van der Waals surface area contributed by atoms with E-state index in [1.165, 1.54) is 17.7 Å². The van der Waals surface area contributed by atoms with Crippen molar-refractivity contribution >= 4 is 22.5 Å². The Morgan fingerprint density at radius 3 is 2.64 bits per heavy atom. The minimum absolute atomic E-state index is 0.142. The predicted octanol–water partition coefficient (Wildman–Crippen LogP) is 2.61. The van der Waals surface area contributed by atoms with Crippen molar-refractivity contribution in [2.75, 3.05) is 13.1 Å². The van der Waals surface area contributed by atoms with Gasteiger partial charge in [-0.05, 0) is 50.3 Å². The zero-order valence-electron chi connectivity index (χ0n) is 13.6. The number of pyridine rings is 1. The zero-order chi connectivity index (χ0) is 15.9. The van der Waals surface area contributed by atoms with E-state index in [0.717, 1.165) is 53.3 Å². The number of H-pyrrole nitrogens is 1. The van der Waals surface area contributed by atoms with Crippen molar-refractivity contribution in [2.24, 2.45) is 5.92 Å². The number of rotatable bonds is 2. The van der Waals surface area contributed by atoms with Gasteiger partial charge in [0.25, 0.3) is 0 Å². The standard InChI is InChI=1S/C18H23ClN2O/c1-11-4-6-21(7-5-11)10-16-13(3)20-17-12(2)8-14(19)9-15(17)18(16)22/h8-9,11H,4-7,10H2,1-3H3,(H,20,22)/p+1. The van der Waals surface area contributed by atoms with Crippen molar-refractivity contribution in [2.45, 2.75) is 40.2 Å². The van der Waals surface area contributed by atoms with Crippen LogP contribution >= 0.6 is 11.6 Å². The Hall–Kier alpha value is -1.32. The molecule has 0 radical (unpaired) electrons. The molecule has 1 aliphatic rings. The Morgan fingerprint density at radius 1 is 1.27 bits per heavy atom. The van der Waals surface area contributed by atoms with Crippen molar-refractivity contribution in [3.05, 3.63) is 44.2 Å². The number of nitrogens with one attached hydrogen (secondary N) is 2. The Balaban J connectivity index is 2.01. The summed E-state index contributed by atoms with van der Waals surface area (Å²) in [5.74, 6) is 0.821. The number of likely N-dealkylation sites (tertiary alicyclic amines) is 1. The van der Waals surface area contributed by atoms with Gasteiger partial charge in [0.1, 0.15) is 6.54 Å². The first kappa shape index (κ1) is 15.6. The van der Waals surface area contributed by atoms with Crippen LogP contribution in [0.4, 0.5) is 0 Å². The van der Waals surface area contributed by atoms with E-state index >= 15 is 0 Å². The number of hydrogen-bond acceptors (Lipinski definition) is 1. The monoisotopic (exact) mass is 319 g/mol. The largest absolute Gasteiger partial charge is 0.358 e. The molecule has 1 fully saturated rings. The number of hydrogen-bond donors (Lipinski definition) is 2. The van der Waals surface area contributed by atoms with Crippen LogP contribution in [0, 0.1) is 19.8 Å². The van der Waals surface area contributed by atoms with Gasteiger partial charge >= 0.3 is 0 Å². The number of fused-ring (bicyclic) bond motifs is 1. The van der Waals surface area contributed by atoms with Crippen LogP contribution in [0.5, 0.6) is 0 Å². The SMILES string of the molecule is Cc1[nH]c2c(C)cc(Cl)cc2c(=O)c1C[NH+]1CCC(C)CC1. The summed E-state index contributed by atoms with van der Waals surface area (Å²) in [5, 5.41) is 1.35. The zero-order valence-corrected chi connectivity index (χ0v) is 14.3. The molecule has 0 unspecified atom stereocenters. The van der Waals surface area contributed by atoms with E-state index in [1.807, 2.05) is 19.9 Å². The molecule has 1 aromatic heterocycles. The minimum Gasteiger partial charge on any atom is -0.358 e. The van der Waals surface area contributed by atoms with Crippen LogP contribution < -0.4 is 10.3 Å². The van der Waals surface area contributed by atoms with Crippen LogP contribution in [0.3, 0.4) is 0 Å². The molecule has 4 heteroatoms. The Bertz CT molecular complexity index is 758. The molecule has 118 valence electrons. The summed E-state index contributed by atoms with van der Waals surface area (Å²) < 4.78 is 0. The first-order valence-corrected chi connectivity index (χ1v) is 8.48. The third-order valence-corrected chi connectivity index (χ3v) is 5.21. The first-order chi connectivity index (χ1) is 10.5. The molecule has 3 rings (SSSR count). The topological polar surface area (TPSA) is 37.3 Å². The maximum absolute atomic E-state index is 12.9. The molecule has 0 saturated carbocycles. The van der Waals surface area contributed by atoms with Crippen molar-refractivity contribution in [3.8, 4) is 0 Å². The lowest BCUT2D eigenvalue weighted by molar-refractivity contribution is -0.919. The Morgan fingerprint density at radius 2 is 1.95 bits per heavy atom. The molecule has 3 nitrogen and oxygen atoms in total.